The van der Waals surface area contributed by atoms with Gasteiger partial charge in [0.15, 0.2) is 0 Å². The first kappa shape index (κ1) is 26.5. The molecule has 0 aliphatic carbocycles. The van der Waals surface area contributed by atoms with Crippen molar-refractivity contribution in [1.82, 2.24) is 9.55 Å². The van der Waals surface area contributed by atoms with E-state index in [1.165, 1.54) is 11.1 Å². The topological polar surface area (TPSA) is 244 Å². The molecule has 0 radical (unpaired) electrons. The highest BCUT2D eigenvalue weighted by atomic mass is 79.9. The molecule has 1 aromatic rings. The van der Waals surface area contributed by atoms with Crippen LogP contribution in [-0.2, 0) is 31.6 Å². The lowest BCUT2D eigenvalue weighted by Gasteiger charge is -2.19. The van der Waals surface area contributed by atoms with Crippen molar-refractivity contribution in [3.8, 4) is 0 Å². The maximum absolute atomic E-state index is 12.0. The smallest absolute Gasteiger partial charge is 0.390 e. The first-order chi connectivity index (χ1) is 14.1. The van der Waals surface area contributed by atoms with Gasteiger partial charge in [-0.15, -0.1) is 0 Å². The number of nitrogens with zero attached hydrogens (tertiary/aromatic N) is 1. The van der Waals surface area contributed by atoms with Gasteiger partial charge < -0.3 is 29.4 Å². The van der Waals surface area contributed by atoms with Gasteiger partial charge in [-0.2, -0.15) is 8.62 Å². The van der Waals surface area contributed by atoms with Crippen LogP contribution in [0.1, 0.15) is 18.2 Å². The summed E-state index contributed by atoms with van der Waals surface area (Å²) >= 11 is 2.98. The van der Waals surface area contributed by atoms with Crippen LogP contribution in [0.3, 0.4) is 0 Å². The number of aromatic amines is 1. The van der Waals surface area contributed by atoms with Crippen molar-refractivity contribution in [2.75, 3.05) is 6.61 Å². The second kappa shape index (κ2) is 10.0. The third-order valence-electron chi connectivity index (χ3n) is 3.57. The van der Waals surface area contributed by atoms with E-state index in [1.54, 1.807) is 0 Å². The quantitative estimate of drug-likeness (QED) is 0.211. The third-order valence-corrected chi connectivity index (χ3v) is 7.64. The second-order valence-corrected chi connectivity index (χ2v) is 10.8. The van der Waals surface area contributed by atoms with Crippen molar-refractivity contribution >= 4 is 45.5 Å². The number of halogens is 1. The first-order valence-electron chi connectivity index (χ1n) is 7.86. The van der Waals surface area contributed by atoms with Gasteiger partial charge in [0.2, 0.25) is 0 Å². The summed E-state index contributed by atoms with van der Waals surface area (Å²) in [4.78, 5) is 62.6. The molecule has 1 aromatic heterocycles. The highest BCUT2D eigenvalue weighted by Gasteiger charge is 2.42. The fraction of sp³-hybridized carbons (Fsp3) is 0.455. The van der Waals surface area contributed by atoms with E-state index in [1.807, 2.05) is 4.98 Å². The standard InChI is InChI=1S/C11H16BrN2O14P3/c12-2-1-6-4-14(11(17)13-10(6)16)9-3-7(15)8(26-9)5-25-30(21,22)28-31(23,24)27-29(18,19)20/h1-2,4,7-9,15H,3,5H2,(H,21,22)(H,23,24)(H,13,16,17)(H2,18,19,20). The molecule has 176 valence electrons. The highest BCUT2D eigenvalue weighted by molar-refractivity contribution is 9.11. The number of aromatic nitrogens is 2. The molecule has 1 aliphatic heterocycles. The Hall–Kier alpha value is -0.770. The summed E-state index contributed by atoms with van der Waals surface area (Å²) in [5, 5.41) is 10.1. The van der Waals surface area contributed by atoms with Gasteiger partial charge in [0.05, 0.1) is 18.3 Å². The molecule has 0 bridgehead atoms. The van der Waals surface area contributed by atoms with Gasteiger partial charge in [-0.05, 0) is 11.1 Å². The molecule has 1 saturated heterocycles. The number of aliphatic hydroxyl groups excluding tert-OH is 1. The van der Waals surface area contributed by atoms with Gasteiger partial charge in [-0.3, -0.25) is 18.9 Å². The van der Waals surface area contributed by atoms with Crippen molar-refractivity contribution in [3.05, 3.63) is 37.6 Å². The number of hydrogen-bond acceptors (Lipinski definition) is 10. The molecule has 2 rings (SSSR count). The lowest BCUT2D eigenvalue weighted by Crippen LogP contribution is -2.33. The molecule has 1 fully saturated rings. The molecule has 16 nitrogen and oxygen atoms in total. The monoisotopic (exact) mass is 572 g/mol. The van der Waals surface area contributed by atoms with E-state index in [2.05, 4.69) is 29.1 Å². The SMILES string of the molecule is O=c1[nH]c(=O)n(C2CC(O)C(COP(=O)(O)OP(=O)(O)OP(=O)(O)O)O2)cc1C=CBr. The normalized spacial score (nSPS) is 26.1. The van der Waals surface area contributed by atoms with E-state index in [-0.39, 0.29) is 12.0 Å². The lowest BCUT2D eigenvalue weighted by atomic mass is 10.2. The van der Waals surface area contributed by atoms with Crippen molar-refractivity contribution in [3.63, 3.8) is 0 Å². The summed E-state index contributed by atoms with van der Waals surface area (Å²) in [6.07, 6.45) is -1.49. The van der Waals surface area contributed by atoms with Gasteiger partial charge in [0, 0.05) is 12.6 Å². The molecule has 31 heavy (non-hydrogen) atoms. The minimum Gasteiger partial charge on any atom is -0.390 e. The average molecular weight is 573 g/mol. The largest absolute Gasteiger partial charge is 0.490 e. The number of phosphoric ester groups is 1. The third kappa shape index (κ3) is 7.94. The number of nitrogens with one attached hydrogen (secondary N) is 1. The van der Waals surface area contributed by atoms with Crippen LogP contribution in [0.25, 0.3) is 6.08 Å². The Labute approximate surface area is 180 Å². The van der Waals surface area contributed by atoms with Crippen molar-refractivity contribution < 1.29 is 56.3 Å². The van der Waals surface area contributed by atoms with Crippen molar-refractivity contribution in [2.45, 2.75) is 24.9 Å². The summed E-state index contributed by atoms with van der Waals surface area (Å²) in [5.41, 5.74) is -1.46. The molecule has 20 heteroatoms. The van der Waals surface area contributed by atoms with Crippen LogP contribution in [0.5, 0.6) is 0 Å². The van der Waals surface area contributed by atoms with Gasteiger partial charge in [0.1, 0.15) is 12.3 Å². The minimum absolute atomic E-state index is 0.0753. The number of hydrogen-bond donors (Lipinski definition) is 6. The lowest BCUT2D eigenvalue weighted by molar-refractivity contribution is -0.0450. The van der Waals surface area contributed by atoms with Crippen LogP contribution in [0, 0.1) is 0 Å². The number of phosphoric acid groups is 3. The van der Waals surface area contributed by atoms with E-state index in [9.17, 15) is 33.3 Å². The molecule has 2 heterocycles. The van der Waals surface area contributed by atoms with Crippen LogP contribution in [0.2, 0.25) is 0 Å². The van der Waals surface area contributed by atoms with E-state index in [4.69, 9.17) is 19.4 Å². The zero-order valence-corrected chi connectivity index (χ0v) is 19.2. The predicted octanol–water partition coefficient (Wildman–Crippen LogP) is -0.106. The summed E-state index contributed by atoms with van der Waals surface area (Å²) in [6.45, 7) is -0.895. The minimum atomic E-state index is -5.69. The number of H-pyrrole nitrogens is 1. The number of ether oxygens (including phenoxy) is 1. The molecule has 6 N–H and O–H groups in total. The number of rotatable bonds is 9. The second-order valence-electron chi connectivity index (χ2n) is 5.86. The fourth-order valence-corrected chi connectivity index (χ4v) is 5.72. The Kier molecular flexibility index (Phi) is 8.55. The Balaban J connectivity index is 2.07. The summed E-state index contributed by atoms with van der Waals surface area (Å²) in [5.74, 6) is 0. The van der Waals surface area contributed by atoms with E-state index in [0.29, 0.717) is 0 Å². The Bertz CT molecular complexity index is 1090. The predicted molar refractivity (Wildman–Crippen MR) is 104 cm³/mol. The van der Waals surface area contributed by atoms with Gasteiger partial charge in [0.25, 0.3) is 5.56 Å². The van der Waals surface area contributed by atoms with Gasteiger partial charge in [-0.25, -0.2) is 18.5 Å². The molecule has 1 aliphatic rings. The molecule has 5 atom stereocenters. The molecule has 0 spiro atoms. The molecule has 0 amide bonds. The highest BCUT2D eigenvalue weighted by Crippen LogP contribution is 2.66. The average Bonchev–Trinajstić information content (AvgIpc) is 2.93. The molecular formula is C11H16BrN2O14P3. The first-order valence-corrected chi connectivity index (χ1v) is 13.3. The Morgan fingerprint density at radius 1 is 1.19 bits per heavy atom. The van der Waals surface area contributed by atoms with Crippen LogP contribution in [0.4, 0.5) is 0 Å². The zero-order valence-electron chi connectivity index (χ0n) is 15.0. The van der Waals surface area contributed by atoms with E-state index >= 15 is 0 Å². The van der Waals surface area contributed by atoms with Crippen molar-refractivity contribution in [2.24, 2.45) is 0 Å². The fourth-order valence-electron chi connectivity index (χ4n) is 2.41. The molecule has 0 saturated carbocycles. The Morgan fingerprint density at radius 3 is 2.42 bits per heavy atom. The Morgan fingerprint density at radius 2 is 1.84 bits per heavy atom. The van der Waals surface area contributed by atoms with Crippen LogP contribution >= 0.6 is 39.4 Å². The van der Waals surface area contributed by atoms with Crippen LogP contribution in [0.15, 0.2) is 20.8 Å². The van der Waals surface area contributed by atoms with Crippen LogP contribution in [-0.4, -0.2) is 53.0 Å². The van der Waals surface area contributed by atoms with Gasteiger partial charge >= 0.3 is 29.2 Å². The molecule has 5 unspecified atom stereocenters. The zero-order chi connectivity index (χ0) is 23.6. The number of aliphatic hydroxyl groups is 1. The van der Waals surface area contributed by atoms with E-state index in [0.717, 1.165) is 10.8 Å². The summed E-state index contributed by atoms with van der Waals surface area (Å²) < 4.78 is 51.5. The molecule has 0 aromatic carbocycles. The van der Waals surface area contributed by atoms with Crippen molar-refractivity contribution in [1.29, 1.82) is 0 Å². The summed E-state index contributed by atoms with van der Waals surface area (Å²) in [6, 6.07) is 0. The van der Waals surface area contributed by atoms with Crippen LogP contribution < -0.4 is 11.2 Å². The maximum Gasteiger partial charge on any atom is 0.490 e. The summed E-state index contributed by atoms with van der Waals surface area (Å²) in [7, 11) is -16.6. The van der Waals surface area contributed by atoms with Gasteiger partial charge in [-0.1, -0.05) is 15.9 Å². The van der Waals surface area contributed by atoms with E-state index < -0.39 is 59.8 Å². The maximum atomic E-state index is 12.0. The molecular weight excluding hydrogens is 557 g/mol.